The third kappa shape index (κ3) is 7.65. The van der Waals surface area contributed by atoms with Crippen molar-refractivity contribution in [3.05, 3.63) is 0 Å². The first-order valence-corrected chi connectivity index (χ1v) is 7.49. The molecule has 0 atom stereocenters. The highest BCUT2D eigenvalue weighted by Crippen LogP contribution is 2.13. The van der Waals surface area contributed by atoms with Gasteiger partial charge in [-0.3, -0.25) is 0 Å². The molecule has 120 valence electrons. The molecule has 21 heavy (non-hydrogen) atoms. The second-order valence-electron chi connectivity index (χ2n) is 4.92. The fourth-order valence-corrected chi connectivity index (χ4v) is 1.41. The van der Waals surface area contributed by atoms with Gasteiger partial charge in [0.15, 0.2) is 0 Å². The van der Waals surface area contributed by atoms with Crippen LogP contribution in [0.1, 0.15) is 34.1 Å². The summed E-state index contributed by atoms with van der Waals surface area (Å²) >= 11 is 0. The largest absolute Gasteiger partial charge is 0.463 e. The fraction of sp³-hybridized carbons (Fsp3) is 0.786. The molecule has 0 aromatic carbocycles. The molecule has 0 saturated heterocycles. The van der Waals surface area contributed by atoms with Crippen LogP contribution in [0.5, 0.6) is 12.0 Å². The minimum absolute atomic E-state index is 0.250. The summed E-state index contributed by atoms with van der Waals surface area (Å²) in [6.45, 7) is 11.1. The summed E-state index contributed by atoms with van der Waals surface area (Å²) in [7, 11) is 0. The van der Waals surface area contributed by atoms with Gasteiger partial charge < -0.3 is 19.5 Å². The van der Waals surface area contributed by atoms with Gasteiger partial charge in [0.05, 0.1) is 13.2 Å². The molecule has 0 aliphatic heterocycles. The molecule has 0 unspecified atom stereocenters. The van der Waals surface area contributed by atoms with Crippen LogP contribution in [0, 0.1) is 5.92 Å². The minimum atomic E-state index is 0.250. The van der Waals surface area contributed by atoms with E-state index in [0.29, 0.717) is 44.8 Å². The first kappa shape index (κ1) is 17.4. The molecular formula is C14H26N4O3. The van der Waals surface area contributed by atoms with Crippen molar-refractivity contribution >= 4 is 5.95 Å². The van der Waals surface area contributed by atoms with Crippen LogP contribution < -0.4 is 14.8 Å². The average Bonchev–Trinajstić information content (AvgIpc) is 2.44. The zero-order chi connectivity index (χ0) is 15.5. The molecule has 0 fully saturated rings. The Balaban J connectivity index is 2.52. The molecule has 0 bridgehead atoms. The van der Waals surface area contributed by atoms with Crippen LogP contribution in [-0.2, 0) is 4.74 Å². The minimum Gasteiger partial charge on any atom is -0.463 e. The summed E-state index contributed by atoms with van der Waals surface area (Å²) in [5, 5.41) is 3.03. The molecule has 1 N–H and O–H groups in total. The SMILES string of the molecule is CCCOc1nc(NCC)nc(OCCOCC(C)C)n1. The maximum Gasteiger partial charge on any atom is 0.324 e. The quantitative estimate of drug-likeness (QED) is 0.627. The van der Waals surface area contributed by atoms with Gasteiger partial charge in [-0.25, -0.2) is 0 Å². The van der Waals surface area contributed by atoms with Crippen molar-refractivity contribution in [2.24, 2.45) is 5.92 Å². The van der Waals surface area contributed by atoms with E-state index < -0.39 is 0 Å². The van der Waals surface area contributed by atoms with Gasteiger partial charge in [0.25, 0.3) is 0 Å². The summed E-state index contributed by atoms with van der Waals surface area (Å²) in [5.41, 5.74) is 0. The Morgan fingerprint density at radius 2 is 1.62 bits per heavy atom. The van der Waals surface area contributed by atoms with Crippen molar-refractivity contribution in [3.8, 4) is 12.0 Å². The molecule has 1 aromatic rings. The number of hydrogen-bond donors (Lipinski definition) is 1. The molecule has 0 aliphatic carbocycles. The summed E-state index contributed by atoms with van der Waals surface area (Å²) in [4.78, 5) is 12.5. The van der Waals surface area contributed by atoms with E-state index in [1.165, 1.54) is 0 Å². The monoisotopic (exact) mass is 298 g/mol. The van der Waals surface area contributed by atoms with Gasteiger partial charge in [0.2, 0.25) is 5.95 Å². The third-order valence-electron chi connectivity index (χ3n) is 2.27. The van der Waals surface area contributed by atoms with E-state index in [2.05, 4.69) is 34.1 Å². The molecule has 1 rings (SSSR count). The standard InChI is InChI=1S/C14H26N4O3/c1-5-7-20-13-16-12(15-6-2)17-14(18-13)21-9-8-19-10-11(3)4/h11H,5-10H2,1-4H3,(H,15,16,17,18). The predicted molar refractivity (Wildman–Crippen MR) is 80.9 cm³/mol. The van der Waals surface area contributed by atoms with Crippen LogP contribution in [-0.4, -0.2) is 47.9 Å². The van der Waals surface area contributed by atoms with E-state index in [1.54, 1.807) is 0 Å². The zero-order valence-electron chi connectivity index (χ0n) is 13.4. The van der Waals surface area contributed by atoms with Gasteiger partial charge in [0, 0.05) is 13.2 Å². The van der Waals surface area contributed by atoms with Gasteiger partial charge in [0.1, 0.15) is 6.61 Å². The number of rotatable bonds is 11. The lowest BCUT2D eigenvalue weighted by atomic mass is 10.2. The Bertz CT molecular complexity index is 402. The van der Waals surface area contributed by atoms with Gasteiger partial charge in [-0.05, 0) is 19.3 Å². The van der Waals surface area contributed by atoms with E-state index in [1.807, 2.05) is 13.8 Å². The Labute approximate surface area is 126 Å². The van der Waals surface area contributed by atoms with Crippen LogP contribution in [0.15, 0.2) is 0 Å². The number of aromatic nitrogens is 3. The average molecular weight is 298 g/mol. The highest BCUT2D eigenvalue weighted by molar-refractivity contribution is 5.27. The van der Waals surface area contributed by atoms with Crippen LogP contribution >= 0.6 is 0 Å². The van der Waals surface area contributed by atoms with Gasteiger partial charge in [-0.2, -0.15) is 9.97 Å². The second kappa shape index (κ2) is 10.1. The number of hydrogen-bond acceptors (Lipinski definition) is 7. The van der Waals surface area contributed by atoms with E-state index in [-0.39, 0.29) is 12.0 Å². The van der Waals surface area contributed by atoms with Gasteiger partial charge in [-0.1, -0.05) is 20.8 Å². The summed E-state index contributed by atoms with van der Waals surface area (Å²) in [6.07, 6.45) is 0.890. The molecule has 7 nitrogen and oxygen atoms in total. The molecular weight excluding hydrogens is 272 g/mol. The van der Waals surface area contributed by atoms with Gasteiger partial charge >= 0.3 is 12.0 Å². The van der Waals surface area contributed by atoms with E-state index >= 15 is 0 Å². The molecule has 0 aliphatic rings. The van der Waals surface area contributed by atoms with Gasteiger partial charge in [-0.15, -0.1) is 4.98 Å². The van der Waals surface area contributed by atoms with Crippen molar-refractivity contribution in [1.29, 1.82) is 0 Å². The number of nitrogens with zero attached hydrogens (tertiary/aromatic N) is 3. The number of anilines is 1. The van der Waals surface area contributed by atoms with Crippen molar-refractivity contribution in [1.82, 2.24) is 15.0 Å². The lowest BCUT2D eigenvalue weighted by Gasteiger charge is -2.10. The summed E-state index contributed by atoms with van der Waals surface area (Å²) < 4.78 is 16.4. The number of ether oxygens (including phenoxy) is 3. The highest BCUT2D eigenvalue weighted by Gasteiger charge is 2.08. The van der Waals surface area contributed by atoms with E-state index in [9.17, 15) is 0 Å². The number of nitrogens with one attached hydrogen (secondary N) is 1. The van der Waals surface area contributed by atoms with Crippen LogP contribution in [0.2, 0.25) is 0 Å². The maximum atomic E-state index is 5.49. The van der Waals surface area contributed by atoms with Crippen LogP contribution in [0.3, 0.4) is 0 Å². The smallest absolute Gasteiger partial charge is 0.324 e. The van der Waals surface area contributed by atoms with Crippen molar-refractivity contribution in [3.63, 3.8) is 0 Å². The molecule has 1 heterocycles. The topological polar surface area (TPSA) is 78.4 Å². The van der Waals surface area contributed by atoms with Crippen LogP contribution in [0.25, 0.3) is 0 Å². The van der Waals surface area contributed by atoms with Crippen molar-refractivity contribution < 1.29 is 14.2 Å². The van der Waals surface area contributed by atoms with E-state index in [4.69, 9.17) is 14.2 Å². The molecule has 1 aromatic heterocycles. The van der Waals surface area contributed by atoms with Crippen molar-refractivity contribution in [2.75, 3.05) is 38.3 Å². The first-order valence-electron chi connectivity index (χ1n) is 7.49. The first-order chi connectivity index (χ1) is 10.2. The molecule has 7 heteroatoms. The highest BCUT2D eigenvalue weighted by atomic mass is 16.5. The Morgan fingerprint density at radius 3 is 2.19 bits per heavy atom. The van der Waals surface area contributed by atoms with E-state index in [0.717, 1.165) is 6.42 Å². The maximum absolute atomic E-state index is 5.49. The fourth-order valence-electron chi connectivity index (χ4n) is 1.41. The third-order valence-corrected chi connectivity index (χ3v) is 2.27. The zero-order valence-corrected chi connectivity index (χ0v) is 13.4. The molecule has 0 amide bonds. The normalized spacial score (nSPS) is 10.7. The molecule has 0 spiro atoms. The lowest BCUT2D eigenvalue weighted by Crippen LogP contribution is -2.13. The van der Waals surface area contributed by atoms with Crippen molar-refractivity contribution in [2.45, 2.75) is 34.1 Å². The molecule has 0 saturated carbocycles. The summed E-state index contributed by atoms with van der Waals surface area (Å²) in [6, 6.07) is 0.529. The molecule has 0 radical (unpaired) electrons. The Hall–Kier alpha value is -1.63. The van der Waals surface area contributed by atoms with Crippen LogP contribution in [0.4, 0.5) is 5.95 Å². The summed E-state index contributed by atoms with van der Waals surface area (Å²) in [5.74, 6) is 0.966. The Morgan fingerprint density at radius 1 is 0.952 bits per heavy atom. The predicted octanol–water partition coefficient (Wildman–Crippen LogP) is 2.14. The lowest BCUT2D eigenvalue weighted by molar-refractivity contribution is 0.0788. The second-order valence-corrected chi connectivity index (χ2v) is 4.92. The Kier molecular flexibility index (Phi) is 8.42.